The lowest BCUT2D eigenvalue weighted by atomic mass is 10.1. The molecular formula is C19H15ClN2O3. The summed E-state index contributed by atoms with van der Waals surface area (Å²) in [5, 5.41) is 3.14. The van der Waals surface area contributed by atoms with Crippen molar-refractivity contribution < 1.29 is 13.9 Å². The van der Waals surface area contributed by atoms with E-state index >= 15 is 0 Å². The van der Waals surface area contributed by atoms with Crippen LogP contribution in [0.15, 0.2) is 70.3 Å². The van der Waals surface area contributed by atoms with Crippen LogP contribution in [0.3, 0.4) is 0 Å². The SMILES string of the molecule is COc1cc(N=Cc2ccco2)c(Cl)cc1C(=O)Nc1ccccc1. The number of ether oxygens (including phenoxy) is 1. The first kappa shape index (κ1) is 16.8. The van der Waals surface area contributed by atoms with E-state index in [1.165, 1.54) is 13.2 Å². The molecule has 1 heterocycles. The molecule has 0 bridgehead atoms. The maximum atomic E-state index is 12.5. The lowest BCUT2D eigenvalue weighted by Gasteiger charge is -2.11. The predicted octanol–water partition coefficient (Wildman–Crippen LogP) is 4.94. The van der Waals surface area contributed by atoms with Gasteiger partial charge in [0.15, 0.2) is 0 Å². The molecule has 0 atom stereocenters. The Labute approximate surface area is 149 Å². The van der Waals surface area contributed by atoms with Crippen molar-refractivity contribution in [3.8, 4) is 5.75 Å². The Kier molecular flexibility index (Phi) is 5.16. The molecule has 2 aromatic carbocycles. The number of hydrogen-bond acceptors (Lipinski definition) is 4. The Morgan fingerprint density at radius 3 is 2.68 bits per heavy atom. The van der Waals surface area contributed by atoms with Crippen LogP contribution in [-0.4, -0.2) is 19.2 Å². The average molecular weight is 355 g/mol. The second-order valence-corrected chi connectivity index (χ2v) is 5.50. The number of amides is 1. The number of nitrogens with one attached hydrogen (secondary N) is 1. The minimum Gasteiger partial charge on any atom is -0.496 e. The second-order valence-electron chi connectivity index (χ2n) is 5.10. The number of nitrogens with zero attached hydrogens (tertiary/aromatic N) is 1. The van der Waals surface area contributed by atoms with E-state index in [1.807, 2.05) is 18.2 Å². The smallest absolute Gasteiger partial charge is 0.259 e. The van der Waals surface area contributed by atoms with Crippen molar-refractivity contribution in [2.45, 2.75) is 0 Å². The van der Waals surface area contributed by atoms with Gasteiger partial charge in [-0.1, -0.05) is 29.8 Å². The number of anilines is 1. The molecule has 0 radical (unpaired) electrons. The standard InChI is InChI=1S/C19H15ClN2O3/c1-24-18-11-17(21-12-14-8-5-9-25-14)16(20)10-15(18)19(23)22-13-6-3-2-4-7-13/h2-12H,1H3,(H,22,23). The molecule has 126 valence electrons. The lowest BCUT2D eigenvalue weighted by molar-refractivity contribution is 0.102. The van der Waals surface area contributed by atoms with Gasteiger partial charge in [0.25, 0.3) is 5.91 Å². The van der Waals surface area contributed by atoms with Crippen LogP contribution in [0.4, 0.5) is 11.4 Å². The molecule has 3 rings (SSSR count). The summed E-state index contributed by atoms with van der Waals surface area (Å²) in [6, 6.07) is 15.8. The van der Waals surface area contributed by atoms with Gasteiger partial charge < -0.3 is 14.5 Å². The minimum absolute atomic E-state index is 0.313. The number of para-hydroxylation sites is 1. The van der Waals surface area contributed by atoms with Gasteiger partial charge in [0, 0.05) is 11.8 Å². The lowest BCUT2D eigenvalue weighted by Crippen LogP contribution is -2.13. The van der Waals surface area contributed by atoms with Crippen molar-refractivity contribution in [2.75, 3.05) is 12.4 Å². The number of benzene rings is 2. The second kappa shape index (κ2) is 7.68. The molecule has 0 unspecified atom stereocenters. The van der Waals surface area contributed by atoms with Crippen LogP contribution in [0.5, 0.6) is 5.75 Å². The third-order valence-corrected chi connectivity index (χ3v) is 3.72. The van der Waals surface area contributed by atoms with Crippen molar-refractivity contribution in [3.05, 3.63) is 77.2 Å². The molecule has 0 spiro atoms. The monoisotopic (exact) mass is 354 g/mol. The molecule has 0 aliphatic heterocycles. The van der Waals surface area contributed by atoms with Gasteiger partial charge >= 0.3 is 0 Å². The number of hydrogen-bond donors (Lipinski definition) is 1. The van der Waals surface area contributed by atoms with Gasteiger partial charge in [0.1, 0.15) is 11.5 Å². The zero-order valence-electron chi connectivity index (χ0n) is 13.4. The molecule has 0 fully saturated rings. The molecule has 0 aliphatic rings. The van der Waals surface area contributed by atoms with Gasteiger partial charge in [0.05, 0.1) is 35.9 Å². The van der Waals surface area contributed by atoms with Crippen molar-refractivity contribution in [2.24, 2.45) is 4.99 Å². The van der Waals surface area contributed by atoms with E-state index in [4.69, 9.17) is 20.8 Å². The molecule has 0 saturated heterocycles. The Morgan fingerprint density at radius 1 is 1.20 bits per heavy atom. The Hall–Kier alpha value is -3.05. The van der Waals surface area contributed by atoms with E-state index in [1.54, 1.807) is 42.8 Å². The van der Waals surface area contributed by atoms with Crippen LogP contribution in [0, 0.1) is 0 Å². The fourth-order valence-corrected chi connectivity index (χ4v) is 2.42. The molecule has 25 heavy (non-hydrogen) atoms. The van der Waals surface area contributed by atoms with E-state index in [-0.39, 0.29) is 5.91 Å². The molecule has 6 heteroatoms. The van der Waals surface area contributed by atoms with Crippen LogP contribution in [0.25, 0.3) is 0 Å². The Bertz CT molecular complexity index is 891. The zero-order valence-corrected chi connectivity index (χ0v) is 14.2. The third kappa shape index (κ3) is 4.08. The first-order chi connectivity index (χ1) is 12.2. The van der Waals surface area contributed by atoms with Crippen LogP contribution in [0.2, 0.25) is 5.02 Å². The number of aliphatic imine (C=N–C) groups is 1. The number of rotatable bonds is 5. The highest BCUT2D eigenvalue weighted by atomic mass is 35.5. The number of halogens is 1. The largest absolute Gasteiger partial charge is 0.496 e. The van der Waals surface area contributed by atoms with Crippen molar-refractivity contribution in [3.63, 3.8) is 0 Å². The van der Waals surface area contributed by atoms with Gasteiger partial charge in [-0.3, -0.25) is 9.79 Å². The average Bonchev–Trinajstić information content (AvgIpc) is 3.15. The van der Waals surface area contributed by atoms with Crippen LogP contribution < -0.4 is 10.1 Å². The summed E-state index contributed by atoms with van der Waals surface area (Å²) in [6.07, 6.45) is 3.10. The Morgan fingerprint density at radius 2 is 2.00 bits per heavy atom. The first-order valence-corrected chi connectivity index (χ1v) is 7.86. The maximum absolute atomic E-state index is 12.5. The summed E-state index contributed by atoms with van der Waals surface area (Å²) in [6.45, 7) is 0. The van der Waals surface area contributed by atoms with Crippen molar-refractivity contribution >= 4 is 35.1 Å². The summed E-state index contributed by atoms with van der Waals surface area (Å²) in [4.78, 5) is 16.8. The van der Waals surface area contributed by atoms with E-state index in [0.29, 0.717) is 33.5 Å². The normalized spacial score (nSPS) is 10.8. The number of carbonyl (C=O) groups is 1. The molecule has 3 aromatic rings. The number of methoxy groups -OCH3 is 1. The van der Waals surface area contributed by atoms with Crippen LogP contribution in [0.1, 0.15) is 16.1 Å². The molecule has 0 saturated carbocycles. The predicted molar refractivity (Wildman–Crippen MR) is 98.4 cm³/mol. The fourth-order valence-electron chi connectivity index (χ4n) is 2.21. The summed E-state index contributed by atoms with van der Waals surface area (Å²) >= 11 is 6.27. The highest BCUT2D eigenvalue weighted by molar-refractivity contribution is 6.33. The highest BCUT2D eigenvalue weighted by Gasteiger charge is 2.16. The Balaban J connectivity index is 1.87. The summed E-state index contributed by atoms with van der Waals surface area (Å²) < 4.78 is 10.5. The number of furan rings is 1. The first-order valence-electron chi connectivity index (χ1n) is 7.49. The van der Waals surface area contributed by atoms with Crippen molar-refractivity contribution in [1.29, 1.82) is 0 Å². The topological polar surface area (TPSA) is 63.8 Å². The quantitative estimate of drug-likeness (QED) is 0.660. The molecule has 1 amide bonds. The maximum Gasteiger partial charge on any atom is 0.259 e. The van der Waals surface area contributed by atoms with E-state index in [9.17, 15) is 4.79 Å². The fraction of sp³-hybridized carbons (Fsp3) is 0.0526. The van der Waals surface area contributed by atoms with Crippen molar-refractivity contribution in [1.82, 2.24) is 0 Å². The molecular weight excluding hydrogens is 340 g/mol. The van der Waals surface area contributed by atoms with Crippen LogP contribution >= 0.6 is 11.6 Å². The summed E-state index contributed by atoms with van der Waals surface area (Å²) in [7, 11) is 1.49. The minimum atomic E-state index is -0.313. The molecule has 1 aromatic heterocycles. The van der Waals surface area contributed by atoms with E-state index in [0.717, 1.165) is 0 Å². The van der Waals surface area contributed by atoms with Gasteiger partial charge in [0.2, 0.25) is 0 Å². The number of carbonyl (C=O) groups excluding carboxylic acids is 1. The third-order valence-electron chi connectivity index (χ3n) is 3.42. The van der Waals surface area contributed by atoms with Gasteiger partial charge in [-0.15, -0.1) is 0 Å². The molecule has 1 N–H and O–H groups in total. The highest BCUT2D eigenvalue weighted by Crippen LogP contribution is 2.33. The molecule has 5 nitrogen and oxygen atoms in total. The van der Waals surface area contributed by atoms with E-state index < -0.39 is 0 Å². The zero-order chi connectivity index (χ0) is 17.6. The van der Waals surface area contributed by atoms with Crippen LogP contribution in [-0.2, 0) is 0 Å². The van der Waals surface area contributed by atoms with E-state index in [2.05, 4.69) is 10.3 Å². The molecule has 0 aliphatic carbocycles. The van der Waals surface area contributed by atoms with Gasteiger partial charge in [-0.25, -0.2) is 0 Å². The van der Waals surface area contributed by atoms with Gasteiger partial charge in [-0.2, -0.15) is 0 Å². The summed E-state index contributed by atoms with van der Waals surface area (Å²) in [5.74, 6) is 0.664. The summed E-state index contributed by atoms with van der Waals surface area (Å²) in [5.41, 5.74) is 1.49. The van der Waals surface area contributed by atoms with Gasteiger partial charge in [-0.05, 0) is 30.3 Å².